The molecule has 0 aliphatic rings. The van der Waals surface area contributed by atoms with Crippen molar-refractivity contribution >= 4 is 17.3 Å². The third-order valence-corrected chi connectivity index (χ3v) is 2.34. The van der Waals surface area contributed by atoms with E-state index in [4.69, 9.17) is 0 Å². The number of hydrogen-bond donors (Lipinski definition) is 2. The van der Waals surface area contributed by atoms with Crippen molar-refractivity contribution in [1.29, 1.82) is 0 Å². The SMILES string of the molecule is CCCC(=O)NCCNc1ccccc1[N+](=O)[O-]. The van der Waals surface area contributed by atoms with E-state index >= 15 is 0 Å². The van der Waals surface area contributed by atoms with E-state index in [1.54, 1.807) is 18.2 Å². The Balaban J connectivity index is 2.40. The molecule has 6 heteroatoms. The van der Waals surface area contributed by atoms with Gasteiger partial charge in [0.25, 0.3) is 5.69 Å². The molecule has 0 aliphatic heterocycles. The monoisotopic (exact) mass is 251 g/mol. The highest BCUT2D eigenvalue weighted by Crippen LogP contribution is 2.22. The van der Waals surface area contributed by atoms with Gasteiger partial charge in [0, 0.05) is 25.6 Å². The molecule has 1 amide bonds. The van der Waals surface area contributed by atoms with Gasteiger partial charge in [0.15, 0.2) is 0 Å². The Bertz CT molecular complexity index is 421. The Morgan fingerprint density at radius 1 is 1.33 bits per heavy atom. The zero-order valence-corrected chi connectivity index (χ0v) is 10.3. The Morgan fingerprint density at radius 2 is 2.06 bits per heavy atom. The molecular weight excluding hydrogens is 234 g/mol. The maximum absolute atomic E-state index is 11.2. The van der Waals surface area contributed by atoms with Crippen molar-refractivity contribution in [1.82, 2.24) is 5.32 Å². The highest BCUT2D eigenvalue weighted by atomic mass is 16.6. The van der Waals surface area contributed by atoms with Gasteiger partial charge in [0.2, 0.25) is 5.91 Å². The standard InChI is InChI=1S/C12H17N3O3/c1-2-5-12(16)14-9-8-13-10-6-3-4-7-11(10)15(17)18/h3-4,6-7,13H,2,5,8-9H2,1H3,(H,14,16). The first-order chi connectivity index (χ1) is 8.65. The summed E-state index contributed by atoms with van der Waals surface area (Å²) in [6, 6.07) is 6.43. The fraction of sp³-hybridized carbons (Fsp3) is 0.417. The van der Waals surface area contributed by atoms with Crippen LogP contribution in [0.15, 0.2) is 24.3 Å². The third kappa shape index (κ3) is 4.40. The molecule has 0 aliphatic carbocycles. The molecule has 18 heavy (non-hydrogen) atoms. The van der Waals surface area contributed by atoms with Crippen molar-refractivity contribution in [3.8, 4) is 0 Å². The zero-order chi connectivity index (χ0) is 13.4. The molecule has 0 saturated carbocycles. The van der Waals surface area contributed by atoms with Gasteiger partial charge in [-0.2, -0.15) is 0 Å². The number of nitrogens with one attached hydrogen (secondary N) is 2. The van der Waals surface area contributed by atoms with Crippen LogP contribution in [-0.2, 0) is 4.79 Å². The Hall–Kier alpha value is -2.11. The molecule has 98 valence electrons. The number of benzene rings is 1. The molecule has 0 radical (unpaired) electrons. The topological polar surface area (TPSA) is 84.3 Å². The first-order valence-electron chi connectivity index (χ1n) is 5.89. The van der Waals surface area contributed by atoms with Crippen LogP contribution < -0.4 is 10.6 Å². The van der Waals surface area contributed by atoms with Crippen molar-refractivity contribution in [2.75, 3.05) is 18.4 Å². The number of amides is 1. The summed E-state index contributed by atoms with van der Waals surface area (Å²) in [6.07, 6.45) is 1.31. The molecule has 0 heterocycles. The largest absolute Gasteiger partial charge is 0.378 e. The molecule has 0 bridgehead atoms. The number of nitrogens with zero attached hydrogens (tertiary/aromatic N) is 1. The van der Waals surface area contributed by atoms with Gasteiger partial charge >= 0.3 is 0 Å². The van der Waals surface area contributed by atoms with E-state index in [9.17, 15) is 14.9 Å². The van der Waals surface area contributed by atoms with Crippen LogP contribution in [0.5, 0.6) is 0 Å². The van der Waals surface area contributed by atoms with Gasteiger partial charge in [-0.3, -0.25) is 14.9 Å². The normalized spacial score (nSPS) is 9.83. The molecule has 1 aromatic rings. The van der Waals surface area contributed by atoms with E-state index < -0.39 is 4.92 Å². The van der Waals surface area contributed by atoms with Crippen LogP contribution in [0.2, 0.25) is 0 Å². The summed E-state index contributed by atoms with van der Waals surface area (Å²) >= 11 is 0. The summed E-state index contributed by atoms with van der Waals surface area (Å²) in [6.45, 7) is 2.84. The number of para-hydroxylation sites is 2. The Morgan fingerprint density at radius 3 is 2.72 bits per heavy atom. The number of anilines is 1. The second-order valence-corrected chi connectivity index (χ2v) is 3.80. The van der Waals surface area contributed by atoms with Crippen LogP contribution in [0.4, 0.5) is 11.4 Å². The smallest absolute Gasteiger partial charge is 0.292 e. The number of carbonyl (C=O) groups excluding carboxylic acids is 1. The quantitative estimate of drug-likeness (QED) is 0.440. The minimum atomic E-state index is -0.433. The van der Waals surface area contributed by atoms with Crippen molar-refractivity contribution < 1.29 is 9.72 Å². The molecular formula is C12H17N3O3. The first-order valence-corrected chi connectivity index (χ1v) is 5.89. The molecule has 2 N–H and O–H groups in total. The maximum Gasteiger partial charge on any atom is 0.292 e. The molecule has 0 fully saturated rings. The molecule has 1 aromatic carbocycles. The lowest BCUT2D eigenvalue weighted by atomic mass is 10.2. The summed E-state index contributed by atoms with van der Waals surface area (Å²) in [7, 11) is 0. The van der Waals surface area contributed by atoms with Crippen molar-refractivity contribution in [2.24, 2.45) is 0 Å². The van der Waals surface area contributed by atoms with Crippen LogP contribution >= 0.6 is 0 Å². The molecule has 0 aromatic heterocycles. The summed E-state index contributed by atoms with van der Waals surface area (Å²) in [5.74, 6) is 0.00172. The minimum absolute atomic E-state index is 0.00172. The predicted octanol–water partition coefficient (Wildman–Crippen LogP) is 1.92. The second-order valence-electron chi connectivity index (χ2n) is 3.80. The average Bonchev–Trinajstić information content (AvgIpc) is 2.35. The Labute approximate surface area is 106 Å². The fourth-order valence-electron chi connectivity index (χ4n) is 1.50. The number of nitro benzene ring substituents is 1. The first kappa shape index (κ1) is 14.0. The number of nitro groups is 1. The summed E-state index contributed by atoms with van der Waals surface area (Å²) in [5.41, 5.74) is 0.504. The van der Waals surface area contributed by atoms with E-state index in [0.717, 1.165) is 6.42 Å². The van der Waals surface area contributed by atoms with E-state index in [1.807, 2.05) is 6.92 Å². The van der Waals surface area contributed by atoms with Gasteiger partial charge < -0.3 is 10.6 Å². The summed E-state index contributed by atoms with van der Waals surface area (Å²) in [5, 5.41) is 16.4. The van der Waals surface area contributed by atoms with Crippen LogP contribution in [-0.4, -0.2) is 23.9 Å². The van der Waals surface area contributed by atoms with Gasteiger partial charge in [-0.05, 0) is 12.5 Å². The van der Waals surface area contributed by atoms with Crippen molar-refractivity contribution in [3.05, 3.63) is 34.4 Å². The molecule has 0 saturated heterocycles. The number of rotatable bonds is 7. The van der Waals surface area contributed by atoms with Crippen LogP contribution in [0, 0.1) is 10.1 Å². The van der Waals surface area contributed by atoms with E-state index in [2.05, 4.69) is 10.6 Å². The highest BCUT2D eigenvalue weighted by Gasteiger charge is 2.11. The molecule has 1 rings (SSSR count). The van der Waals surface area contributed by atoms with Gasteiger partial charge in [0.1, 0.15) is 5.69 Å². The molecule has 0 unspecified atom stereocenters. The maximum atomic E-state index is 11.2. The zero-order valence-electron chi connectivity index (χ0n) is 10.3. The lowest BCUT2D eigenvalue weighted by Gasteiger charge is -2.07. The lowest BCUT2D eigenvalue weighted by molar-refractivity contribution is -0.384. The van der Waals surface area contributed by atoms with Crippen molar-refractivity contribution in [2.45, 2.75) is 19.8 Å². The minimum Gasteiger partial charge on any atom is -0.378 e. The Kier molecular flexibility index (Phi) is 5.63. The van der Waals surface area contributed by atoms with Gasteiger partial charge in [0.05, 0.1) is 4.92 Å². The third-order valence-electron chi connectivity index (χ3n) is 2.34. The second kappa shape index (κ2) is 7.26. The lowest BCUT2D eigenvalue weighted by Crippen LogP contribution is -2.28. The van der Waals surface area contributed by atoms with Crippen molar-refractivity contribution in [3.63, 3.8) is 0 Å². The highest BCUT2D eigenvalue weighted by molar-refractivity contribution is 5.75. The van der Waals surface area contributed by atoms with Gasteiger partial charge in [-0.1, -0.05) is 19.1 Å². The molecule has 0 atom stereocenters. The average molecular weight is 251 g/mol. The fourth-order valence-corrected chi connectivity index (χ4v) is 1.50. The van der Waals surface area contributed by atoms with Crippen LogP contribution in [0.3, 0.4) is 0 Å². The molecule has 6 nitrogen and oxygen atoms in total. The molecule has 0 spiro atoms. The van der Waals surface area contributed by atoms with Crippen LogP contribution in [0.25, 0.3) is 0 Å². The number of carbonyl (C=O) groups is 1. The van der Waals surface area contributed by atoms with Gasteiger partial charge in [-0.15, -0.1) is 0 Å². The number of hydrogen-bond acceptors (Lipinski definition) is 4. The van der Waals surface area contributed by atoms with E-state index in [1.165, 1.54) is 6.07 Å². The summed E-state index contributed by atoms with van der Waals surface area (Å²) < 4.78 is 0. The van der Waals surface area contributed by atoms with E-state index in [-0.39, 0.29) is 11.6 Å². The predicted molar refractivity (Wildman–Crippen MR) is 69.5 cm³/mol. The van der Waals surface area contributed by atoms with Crippen LogP contribution in [0.1, 0.15) is 19.8 Å². The van der Waals surface area contributed by atoms with E-state index in [0.29, 0.717) is 25.2 Å². The van der Waals surface area contributed by atoms with Gasteiger partial charge in [-0.25, -0.2) is 0 Å². The summed E-state index contributed by atoms with van der Waals surface area (Å²) in [4.78, 5) is 21.5.